The van der Waals surface area contributed by atoms with Gasteiger partial charge in [-0.25, -0.2) is 0 Å². The van der Waals surface area contributed by atoms with Gasteiger partial charge in [0.2, 0.25) is 5.91 Å². The number of non-ortho nitro benzene ring substituents is 1. The van der Waals surface area contributed by atoms with Gasteiger partial charge in [0.05, 0.1) is 11.3 Å². The third kappa shape index (κ3) is 6.73. The van der Waals surface area contributed by atoms with Crippen molar-refractivity contribution in [1.82, 2.24) is 5.32 Å². The predicted octanol–water partition coefficient (Wildman–Crippen LogP) is 1.41. The number of nitro benzene ring substituents is 1. The molecule has 0 unspecified atom stereocenters. The number of hydrogen-bond donors (Lipinski definition) is 2. The number of nitrogens with zero attached hydrogens (tertiary/aromatic N) is 1. The first-order valence-electron chi connectivity index (χ1n) is 5.83. The summed E-state index contributed by atoms with van der Waals surface area (Å²) in [6.07, 6.45) is 1.87. The molecule has 106 valence electrons. The van der Waals surface area contributed by atoms with Gasteiger partial charge in [0.25, 0.3) is 5.69 Å². The van der Waals surface area contributed by atoms with Crippen LogP contribution in [0, 0.1) is 10.1 Å². The van der Waals surface area contributed by atoms with E-state index >= 15 is 0 Å². The Balaban J connectivity index is 0.00000324. The van der Waals surface area contributed by atoms with E-state index in [4.69, 9.17) is 5.73 Å². The highest BCUT2D eigenvalue weighted by Gasteiger charge is 2.08. The highest BCUT2D eigenvalue weighted by Crippen LogP contribution is 2.13. The number of nitro groups is 1. The fraction of sp³-hybridized carbons (Fsp3) is 0.417. The van der Waals surface area contributed by atoms with Crippen molar-refractivity contribution in [2.75, 3.05) is 13.1 Å². The minimum Gasteiger partial charge on any atom is -0.356 e. The van der Waals surface area contributed by atoms with Crippen LogP contribution in [0.5, 0.6) is 0 Å². The van der Waals surface area contributed by atoms with Crippen LogP contribution in [0.2, 0.25) is 0 Å². The van der Waals surface area contributed by atoms with Gasteiger partial charge in [-0.3, -0.25) is 14.9 Å². The standard InChI is InChI=1S/C12H17N3O3.ClH/c13-6-1-2-7-14-12(16)9-10-4-3-5-11(8-10)15(17)18;/h3-5,8H,1-2,6-7,9,13H2,(H,14,16);1H. The van der Waals surface area contributed by atoms with Gasteiger partial charge in [-0.05, 0) is 24.9 Å². The number of nitrogens with two attached hydrogens (primary N) is 1. The molecular formula is C12H18ClN3O3. The van der Waals surface area contributed by atoms with Crippen molar-refractivity contribution in [2.24, 2.45) is 5.73 Å². The third-order valence-corrected chi connectivity index (χ3v) is 2.44. The van der Waals surface area contributed by atoms with Crippen LogP contribution in [-0.2, 0) is 11.2 Å². The fourth-order valence-electron chi connectivity index (χ4n) is 1.53. The van der Waals surface area contributed by atoms with Crippen LogP contribution in [0.4, 0.5) is 5.69 Å². The number of hydrogen-bond acceptors (Lipinski definition) is 4. The summed E-state index contributed by atoms with van der Waals surface area (Å²) in [5.41, 5.74) is 5.98. The maximum Gasteiger partial charge on any atom is 0.269 e. The molecule has 0 aliphatic heterocycles. The Bertz CT molecular complexity index is 426. The van der Waals surface area contributed by atoms with E-state index in [1.165, 1.54) is 12.1 Å². The van der Waals surface area contributed by atoms with Crippen LogP contribution in [0.15, 0.2) is 24.3 Å². The average Bonchev–Trinajstić information content (AvgIpc) is 2.35. The molecule has 19 heavy (non-hydrogen) atoms. The van der Waals surface area contributed by atoms with E-state index in [2.05, 4.69) is 5.32 Å². The molecule has 0 saturated heterocycles. The Labute approximate surface area is 117 Å². The van der Waals surface area contributed by atoms with E-state index in [-0.39, 0.29) is 30.4 Å². The number of carbonyl (C=O) groups excluding carboxylic acids is 1. The van der Waals surface area contributed by atoms with Gasteiger partial charge >= 0.3 is 0 Å². The molecule has 1 aromatic carbocycles. The molecule has 0 saturated carbocycles. The lowest BCUT2D eigenvalue weighted by Crippen LogP contribution is -2.26. The molecule has 0 bridgehead atoms. The van der Waals surface area contributed by atoms with Gasteiger partial charge in [-0.1, -0.05) is 12.1 Å². The zero-order valence-electron chi connectivity index (χ0n) is 10.5. The molecular weight excluding hydrogens is 270 g/mol. The smallest absolute Gasteiger partial charge is 0.269 e. The second-order valence-corrected chi connectivity index (χ2v) is 3.95. The number of halogens is 1. The number of amides is 1. The first kappa shape index (κ1) is 17.3. The summed E-state index contributed by atoms with van der Waals surface area (Å²) < 4.78 is 0. The number of unbranched alkanes of at least 4 members (excludes halogenated alkanes) is 1. The van der Waals surface area contributed by atoms with E-state index in [0.29, 0.717) is 18.7 Å². The Morgan fingerprint density at radius 2 is 2.11 bits per heavy atom. The predicted molar refractivity (Wildman–Crippen MR) is 75.3 cm³/mol. The zero-order valence-corrected chi connectivity index (χ0v) is 11.3. The molecule has 0 atom stereocenters. The number of carbonyl (C=O) groups is 1. The van der Waals surface area contributed by atoms with Gasteiger partial charge in [-0.15, -0.1) is 12.4 Å². The quantitative estimate of drug-likeness (QED) is 0.450. The molecule has 1 amide bonds. The van der Waals surface area contributed by atoms with Crippen molar-refractivity contribution < 1.29 is 9.72 Å². The van der Waals surface area contributed by atoms with Gasteiger partial charge in [0, 0.05) is 18.7 Å². The van der Waals surface area contributed by atoms with Crippen LogP contribution in [0.25, 0.3) is 0 Å². The van der Waals surface area contributed by atoms with Crippen molar-refractivity contribution in [2.45, 2.75) is 19.3 Å². The lowest BCUT2D eigenvalue weighted by atomic mass is 10.1. The molecule has 0 spiro atoms. The minimum atomic E-state index is -0.470. The van der Waals surface area contributed by atoms with Crippen LogP contribution >= 0.6 is 12.4 Å². The normalized spacial score (nSPS) is 9.53. The number of benzene rings is 1. The lowest BCUT2D eigenvalue weighted by molar-refractivity contribution is -0.384. The van der Waals surface area contributed by atoms with Gasteiger partial charge in [0.15, 0.2) is 0 Å². The molecule has 0 aromatic heterocycles. The molecule has 0 fully saturated rings. The summed E-state index contributed by atoms with van der Waals surface area (Å²) in [5.74, 6) is -0.132. The summed E-state index contributed by atoms with van der Waals surface area (Å²) >= 11 is 0. The van der Waals surface area contributed by atoms with Crippen LogP contribution in [0.3, 0.4) is 0 Å². The first-order chi connectivity index (χ1) is 8.63. The molecule has 0 heterocycles. The van der Waals surface area contributed by atoms with Crippen molar-refractivity contribution in [3.05, 3.63) is 39.9 Å². The van der Waals surface area contributed by atoms with E-state index in [0.717, 1.165) is 12.8 Å². The van der Waals surface area contributed by atoms with E-state index in [9.17, 15) is 14.9 Å². The highest BCUT2D eigenvalue weighted by molar-refractivity contribution is 5.85. The molecule has 0 radical (unpaired) electrons. The van der Waals surface area contributed by atoms with Crippen LogP contribution < -0.4 is 11.1 Å². The summed E-state index contributed by atoms with van der Waals surface area (Å²) in [6, 6.07) is 6.10. The molecule has 3 N–H and O–H groups in total. The number of nitrogens with one attached hydrogen (secondary N) is 1. The Kier molecular flexibility index (Phi) is 8.48. The molecule has 6 nitrogen and oxygen atoms in total. The van der Waals surface area contributed by atoms with E-state index < -0.39 is 4.92 Å². The molecule has 1 aromatic rings. The third-order valence-electron chi connectivity index (χ3n) is 2.44. The summed E-state index contributed by atoms with van der Waals surface area (Å²) in [4.78, 5) is 21.7. The SMILES string of the molecule is Cl.NCCCCNC(=O)Cc1cccc([N+](=O)[O-])c1. The number of rotatable bonds is 7. The Morgan fingerprint density at radius 3 is 2.74 bits per heavy atom. The molecule has 0 aliphatic rings. The average molecular weight is 288 g/mol. The maximum absolute atomic E-state index is 11.5. The van der Waals surface area contributed by atoms with Gasteiger partial charge in [-0.2, -0.15) is 0 Å². The van der Waals surface area contributed by atoms with Gasteiger partial charge in [0.1, 0.15) is 0 Å². The molecule has 0 aliphatic carbocycles. The molecule has 1 rings (SSSR count). The summed E-state index contributed by atoms with van der Waals surface area (Å²) in [6.45, 7) is 1.20. The van der Waals surface area contributed by atoms with Crippen LogP contribution in [0.1, 0.15) is 18.4 Å². The molecule has 7 heteroatoms. The Hall–Kier alpha value is -1.66. The van der Waals surface area contributed by atoms with Crippen molar-refractivity contribution in [3.63, 3.8) is 0 Å². The van der Waals surface area contributed by atoms with E-state index in [1.54, 1.807) is 12.1 Å². The lowest BCUT2D eigenvalue weighted by Gasteiger charge is -2.04. The monoisotopic (exact) mass is 287 g/mol. The highest BCUT2D eigenvalue weighted by atomic mass is 35.5. The topological polar surface area (TPSA) is 98.3 Å². The zero-order chi connectivity index (χ0) is 13.4. The largest absolute Gasteiger partial charge is 0.356 e. The second kappa shape index (κ2) is 9.29. The summed E-state index contributed by atoms with van der Waals surface area (Å²) in [5, 5.41) is 13.3. The first-order valence-corrected chi connectivity index (χ1v) is 5.83. The van der Waals surface area contributed by atoms with Crippen LogP contribution in [-0.4, -0.2) is 23.9 Å². The van der Waals surface area contributed by atoms with Gasteiger partial charge < -0.3 is 11.1 Å². The van der Waals surface area contributed by atoms with Crippen molar-refractivity contribution in [3.8, 4) is 0 Å². The summed E-state index contributed by atoms with van der Waals surface area (Å²) in [7, 11) is 0. The fourth-order valence-corrected chi connectivity index (χ4v) is 1.53. The van der Waals surface area contributed by atoms with Crippen molar-refractivity contribution >= 4 is 24.0 Å². The Morgan fingerprint density at radius 1 is 1.37 bits per heavy atom. The van der Waals surface area contributed by atoms with E-state index in [1.807, 2.05) is 0 Å². The minimum absolute atomic E-state index is 0. The van der Waals surface area contributed by atoms with Crippen molar-refractivity contribution in [1.29, 1.82) is 0 Å². The maximum atomic E-state index is 11.5. The second-order valence-electron chi connectivity index (χ2n) is 3.95.